The number of carbonyl (C=O) groups is 1. The molecule has 0 radical (unpaired) electrons. The minimum absolute atomic E-state index is 0.0234. The maximum Gasteiger partial charge on any atom is 0.226 e. The van der Waals surface area contributed by atoms with Crippen molar-refractivity contribution in [2.75, 3.05) is 13.2 Å². The number of nitrogens with one attached hydrogen (secondary N) is 1. The molecule has 0 saturated carbocycles. The van der Waals surface area contributed by atoms with Crippen molar-refractivity contribution in [2.45, 2.75) is 38.8 Å². The smallest absolute Gasteiger partial charge is 0.226 e. The van der Waals surface area contributed by atoms with Gasteiger partial charge in [0.15, 0.2) is 0 Å². The van der Waals surface area contributed by atoms with Gasteiger partial charge < -0.3 is 15.8 Å². The monoisotopic (exact) mass is 200 g/mol. The summed E-state index contributed by atoms with van der Waals surface area (Å²) in [5.74, 6) is 0.131. The summed E-state index contributed by atoms with van der Waals surface area (Å²) >= 11 is 0. The highest BCUT2D eigenvalue weighted by Gasteiger charge is 2.30. The highest BCUT2D eigenvalue weighted by molar-refractivity contribution is 5.79. The maximum absolute atomic E-state index is 11.7. The molecule has 82 valence electrons. The van der Waals surface area contributed by atoms with Crippen LogP contribution in [0.4, 0.5) is 0 Å². The SMILES string of the molecule is CC(CCN)NC(=O)C1CCOC1C. The Balaban J connectivity index is 2.33. The summed E-state index contributed by atoms with van der Waals surface area (Å²) in [6.07, 6.45) is 1.72. The lowest BCUT2D eigenvalue weighted by Gasteiger charge is -2.18. The Kier molecular flexibility index (Phi) is 4.35. The summed E-state index contributed by atoms with van der Waals surface area (Å²) in [5.41, 5.74) is 5.41. The maximum atomic E-state index is 11.7. The van der Waals surface area contributed by atoms with Gasteiger partial charge >= 0.3 is 0 Å². The van der Waals surface area contributed by atoms with E-state index in [2.05, 4.69) is 5.32 Å². The van der Waals surface area contributed by atoms with Gasteiger partial charge in [-0.05, 0) is 33.2 Å². The van der Waals surface area contributed by atoms with Gasteiger partial charge in [0.2, 0.25) is 5.91 Å². The van der Waals surface area contributed by atoms with Crippen LogP contribution in [0.5, 0.6) is 0 Å². The van der Waals surface area contributed by atoms with Gasteiger partial charge in [-0.2, -0.15) is 0 Å². The predicted octanol–water partition coefficient (Wildman–Crippen LogP) is 0.265. The van der Waals surface area contributed by atoms with Crippen LogP contribution >= 0.6 is 0 Å². The van der Waals surface area contributed by atoms with E-state index in [1.807, 2.05) is 13.8 Å². The molecule has 1 amide bonds. The van der Waals surface area contributed by atoms with Crippen molar-refractivity contribution < 1.29 is 9.53 Å². The number of rotatable bonds is 4. The number of ether oxygens (including phenoxy) is 1. The Bertz CT molecular complexity index is 197. The van der Waals surface area contributed by atoms with Crippen LogP contribution in [0.15, 0.2) is 0 Å². The Morgan fingerprint density at radius 3 is 2.93 bits per heavy atom. The molecule has 1 aliphatic heterocycles. The normalized spacial score (nSPS) is 28.8. The quantitative estimate of drug-likeness (QED) is 0.684. The lowest BCUT2D eigenvalue weighted by molar-refractivity contribution is -0.127. The van der Waals surface area contributed by atoms with E-state index in [1.54, 1.807) is 0 Å². The zero-order chi connectivity index (χ0) is 10.6. The molecule has 0 aromatic carbocycles. The lowest BCUT2D eigenvalue weighted by Crippen LogP contribution is -2.40. The number of hydrogen-bond acceptors (Lipinski definition) is 3. The van der Waals surface area contributed by atoms with E-state index in [-0.39, 0.29) is 24.0 Å². The van der Waals surface area contributed by atoms with Gasteiger partial charge in [-0.25, -0.2) is 0 Å². The van der Waals surface area contributed by atoms with Crippen LogP contribution in [0.3, 0.4) is 0 Å². The van der Waals surface area contributed by atoms with Crippen molar-refractivity contribution in [2.24, 2.45) is 11.7 Å². The largest absolute Gasteiger partial charge is 0.378 e. The predicted molar refractivity (Wildman–Crippen MR) is 54.8 cm³/mol. The van der Waals surface area contributed by atoms with Crippen molar-refractivity contribution in [1.29, 1.82) is 0 Å². The van der Waals surface area contributed by atoms with Crippen molar-refractivity contribution in [3.63, 3.8) is 0 Å². The molecule has 0 bridgehead atoms. The minimum Gasteiger partial charge on any atom is -0.378 e. The number of nitrogens with two attached hydrogens (primary N) is 1. The van der Waals surface area contributed by atoms with E-state index < -0.39 is 0 Å². The first-order chi connectivity index (χ1) is 6.65. The second-order valence-corrected chi connectivity index (χ2v) is 3.96. The summed E-state index contributed by atoms with van der Waals surface area (Å²) in [6, 6.07) is 0.167. The third-order valence-electron chi connectivity index (χ3n) is 2.70. The summed E-state index contributed by atoms with van der Waals surface area (Å²) < 4.78 is 5.34. The highest BCUT2D eigenvalue weighted by Crippen LogP contribution is 2.20. The van der Waals surface area contributed by atoms with Crippen molar-refractivity contribution in [1.82, 2.24) is 5.32 Å². The third-order valence-corrected chi connectivity index (χ3v) is 2.70. The molecule has 0 aromatic heterocycles. The molecule has 0 aromatic rings. The highest BCUT2D eigenvalue weighted by atomic mass is 16.5. The van der Waals surface area contributed by atoms with Gasteiger partial charge in [0.05, 0.1) is 12.0 Å². The molecule has 1 heterocycles. The molecule has 1 aliphatic rings. The first-order valence-corrected chi connectivity index (χ1v) is 5.27. The Morgan fingerprint density at radius 1 is 1.71 bits per heavy atom. The molecule has 1 fully saturated rings. The average Bonchev–Trinajstić information content (AvgIpc) is 2.51. The van der Waals surface area contributed by atoms with Gasteiger partial charge in [-0.15, -0.1) is 0 Å². The molecule has 3 N–H and O–H groups in total. The molecule has 4 nitrogen and oxygen atoms in total. The average molecular weight is 200 g/mol. The summed E-state index contributed by atoms with van der Waals surface area (Å²) in [6.45, 7) is 5.23. The van der Waals surface area contributed by atoms with Gasteiger partial charge in [0, 0.05) is 12.6 Å². The second-order valence-electron chi connectivity index (χ2n) is 3.96. The van der Waals surface area contributed by atoms with E-state index in [4.69, 9.17) is 10.5 Å². The van der Waals surface area contributed by atoms with Crippen LogP contribution in [0.1, 0.15) is 26.7 Å². The molecular formula is C10H20N2O2. The molecule has 0 spiro atoms. The van der Waals surface area contributed by atoms with E-state index in [1.165, 1.54) is 0 Å². The van der Waals surface area contributed by atoms with E-state index >= 15 is 0 Å². The fourth-order valence-electron chi connectivity index (χ4n) is 1.75. The Morgan fingerprint density at radius 2 is 2.43 bits per heavy atom. The fourth-order valence-corrected chi connectivity index (χ4v) is 1.75. The van der Waals surface area contributed by atoms with Gasteiger partial charge in [0.1, 0.15) is 0 Å². The van der Waals surface area contributed by atoms with E-state index in [0.717, 1.165) is 12.8 Å². The second kappa shape index (κ2) is 5.32. The Labute approximate surface area is 85.2 Å². The summed E-state index contributed by atoms with van der Waals surface area (Å²) in [7, 11) is 0. The minimum atomic E-state index is 0.0234. The topological polar surface area (TPSA) is 64.3 Å². The zero-order valence-electron chi connectivity index (χ0n) is 8.95. The summed E-state index contributed by atoms with van der Waals surface area (Å²) in [4.78, 5) is 11.7. The number of carbonyl (C=O) groups excluding carboxylic acids is 1. The fraction of sp³-hybridized carbons (Fsp3) is 0.900. The first-order valence-electron chi connectivity index (χ1n) is 5.27. The van der Waals surface area contributed by atoms with Crippen molar-refractivity contribution >= 4 is 5.91 Å². The molecule has 1 saturated heterocycles. The van der Waals surface area contributed by atoms with E-state index in [0.29, 0.717) is 13.2 Å². The first kappa shape index (κ1) is 11.5. The molecule has 3 atom stereocenters. The zero-order valence-corrected chi connectivity index (χ0v) is 8.95. The standard InChI is InChI=1S/C10H20N2O2/c1-7(3-5-11)12-10(13)9-4-6-14-8(9)2/h7-9H,3-6,11H2,1-2H3,(H,12,13). The summed E-state index contributed by atoms with van der Waals surface area (Å²) in [5, 5.41) is 2.95. The molecule has 3 unspecified atom stereocenters. The van der Waals surface area contributed by atoms with Crippen LogP contribution < -0.4 is 11.1 Å². The third kappa shape index (κ3) is 2.96. The van der Waals surface area contributed by atoms with Crippen LogP contribution in [-0.4, -0.2) is 31.2 Å². The number of amides is 1. The van der Waals surface area contributed by atoms with Crippen LogP contribution in [0, 0.1) is 5.92 Å². The molecule has 4 heteroatoms. The van der Waals surface area contributed by atoms with Gasteiger partial charge in [-0.3, -0.25) is 4.79 Å². The lowest BCUT2D eigenvalue weighted by atomic mass is 10.0. The van der Waals surface area contributed by atoms with E-state index in [9.17, 15) is 4.79 Å². The molecule has 1 rings (SSSR count). The van der Waals surface area contributed by atoms with Crippen molar-refractivity contribution in [3.05, 3.63) is 0 Å². The molecule has 14 heavy (non-hydrogen) atoms. The van der Waals surface area contributed by atoms with Crippen LogP contribution in [-0.2, 0) is 9.53 Å². The van der Waals surface area contributed by atoms with Gasteiger partial charge in [0.25, 0.3) is 0 Å². The number of hydrogen-bond donors (Lipinski definition) is 2. The van der Waals surface area contributed by atoms with Crippen molar-refractivity contribution in [3.8, 4) is 0 Å². The van der Waals surface area contributed by atoms with Crippen LogP contribution in [0.2, 0.25) is 0 Å². The molecule has 0 aliphatic carbocycles. The van der Waals surface area contributed by atoms with Crippen LogP contribution in [0.25, 0.3) is 0 Å². The molecular weight excluding hydrogens is 180 g/mol. The van der Waals surface area contributed by atoms with Gasteiger partial charge in [-0.1, -0.05) is 0 Å². The Hall–Kier alpha value is -0.610.